The molecule has 0 bridgehead atoms. The van der Waals surface area contributed by atoms with Gasteiger partial charge in [-0.3, -0.25) is 14.4 Å². The maximum absolute atomic E-state index is 12.6. The number of rotatable bonds is 11. The van der Waals surface area contributed by atoms with E-state index in [4.69, 9.17) is 43.6 Å². The van der Waals surface area contributed by atoms with Crippen LogP contribution < -0.4 is 10.5 Å². The van der Waals surface area contributed by atoms with E-state index in [1.807, 2.05) is 0 Å². The van der Waals surface area contributed by atoms with E-state index in [9.17, 15) is 28.8 Å². The van der Waals surface area contributed by atoms with Crippen molar-refractivity contribution in [1.29, 1.82) is 0 Å². The third kappa shape index (κ3) is 11.8. The van der Waals surface area contributed by atoms with Gasteiger partial charge < -0.3 is 53.4 Å². The fourth-order valence-electron chi connectivity index (χ4n) is 4.17. The van der Waals surface area contributed by atoms with Crippen molar-refractivity contribution >= 4 is 41.8 Å². The van der Waals surface area contributed by atoms with Gasteiger partial charge in [0.25, 0.3) is 0 Å². The summed E-state index contributed by atoms with van der Waals surface area (Å²) in [4.78, 5) is 75.8. The minimum Gasteiger partial charge on any atom is -0.467 e. The van der Waals surface area contributed by atoms with Gasteiger partial charge in [-0.15, -0.1) is 0 Å². The number of likely N-dealkylation sites (N-methyl/N-ethyl adjacent to an activating group) is 2. The summed E-state index contributed by atoms with van der Waals surface area (Å²) in [5.41, 5.74) is 6.06. The molecule has 0 unspecified atom stereocenters. The first-order chi connectivity index (χ1) is 21.8. The van der Waals surface area contributed by atoms with Crippen molar-refractivity contribution < 1.29 is 66.7 Å². The van der Waals surface area contributed by atoms with Gasteiger partial charge in [-0.05, 0) is 38.5 Å². The lowest BCUT2D eigenvalue weighted by Gasteiger charge is -2.43. The van der Waals surface area contributed by atoms with E-state index < -0.39 is 72.4 Å². The molecule has 17 heteroatoms. The third-order valence-electron chi connectivity index (χ3n) is 6.30. The monoisotopic (exact) mass is 669 g/mol. The van der Waals surface area contributed by atoms with Crippen LogP contribution in [0.4, 0.5) is 15.3 Å². The van der Waals surface area contributed by atoms with E-state index in [1.54, 1.807) is 27.8 Å². The second kappa shape index (κ2) is 16.7. The molecule has 1 heterocycles. The minimum atomic E-state index is -1.65. The number of anilines is 1. The first-order valence-electron chi connectivity index (χ1n) is 14.4. The number of benzene rings is 1. The highest BCUT2D eigenvalue weighted by atomic mass is 16.7. The Balaban J connectivity index is 2.17. The lowest BCUT2D eigenvalue weighted by Crippen LogP contribution is -2.64. The molecule has 17 nitrogen and oxygen atoms in total. The fourth-order valence-corrected chi connectivity index (χ4v) is 4.17. The maximum Gasteiger partial charge on any atom is 0.410 e. The Morgan fingerprint density at radius 1 is 0.830 bits per heavy atom. The molecule has 1 saturated heterocycles. The summed E-state index contributed by atoms with van der Waals surface area (Å²) >= 11 is 0. The van der Waals surface area contributed by atoms with Crippen molar-refractivity contribution in [3.63, 3.8) is 0 Å². The zero-order valence-corrected chi connectivity index (χ0v) is 27.9. The molecule has 47 heavy (non-hydrogen) atoms. The van der Waals surface area contributed by atoms with Crippen molar-refractivity contribution in [2.45, 2.75) is 84.5 Å². The normalized spacial score (nSPS) is 20.6. The van der Waals surface area contributed by atoms with Gasteiger partial charge in [0, 0.05) is 48.0 Å². The highest BCUT2D eigenvalue weighted by Gasteiger charge is 2.56. The molecule has 5 atom stereocenters. The number of amides is 2. The van der Waals surface area contributed by atoms with Gasteiger partial charge in [-0.25, -0.2) is 14.4 Å². The largest absolute Gasteiger partial charge is 0.467 e. The summed E-state index contributed by atoms with van der Waals surface area (Å²) in [6.07, 6.45) is -9.05. The van der Waals surface area contributed by atoms with Gasteiger partial charge in [-0.2, -0.15) is 0 Å². The summed E-state index contributed by atoms with van der Waals surface area (Å²) in [6, 6.07) is 4.39. The number of nitrogens with two attached hydrogens (primary N) is 1. The van der Waals surface area contributed by atoms with Crippen LogP contribution in [0.3, 0.4) is 0 Å². The first-order valence-corrected chi connectivity index (χ1v) is 14.4. The molecule has 1 aromatic rings. The highest BCUT2D eigenvalue weighted by molar-refractivity contribution is 5.77. The molecular formula is C30H43N3O14. The van der Waals surface area contributed by atoms with E-state index >= 15 is 0 Å². The second-order valence-corrected chi connectivity index (χ2v) is 11.5. The van der Waals surface area contributed by atoms with E-state index in [0.717, 1.165) is 27.9 Å². The van der Waals surface area contributed by atoms with Crippen LogP contribution in [0.15, 0.2) is 18.2 Å². The minimum absolute atomic E-state index is 0.000605. The van der Waals surface area contributed by atoms with Crippen molar-refractivity contribution in [3.8, 4) is 5.75 Å². The lowest BCUT2D eigenvalue weighted by molar-refractivity contribution is -0.282. The van der Waals surface area contributed by atoms with E-state index in [1.165, 1.54) is 35.0 Å². The molecule has 2 amide bonds. The third-order valence-corrected chi connectivity index (χ3v) is 6.30. The zero-order chi connectivity index (χ0) is 35.6. The van der Waals surface area contributed by atoms with Crippen LogP contribution in [0.2, 0.25) is 0 Å². The van der Waals surface area contributed by atoms with Crippen LogP contribution in [-0.2, 0) is 58.9 Å². The van der Waals surface area contributed by atoms with E-state index in [-0.39, 0.29) is 31.1 Å². The van der Waals surface area contributed by atoms with E-state index in [0.29, 0.717) is 5.56 Å². The quantitative estimate of drug-likeness (QED) is 0.202. The summed E-state index contributed by atoms with van der Waals surface area (Å²) < 4.78 is 42.9. The average molecular weight is 670 g/mol. The van der Waals surface area contributed by atoms with E-state index in [2.05, 4.69) is 0 Å². The number of nitrogen functional groups attached to an aromatic ring is 1. The Morgan fingerprint density at radius 3 is 1.87 bits per heavy atom. The smallest absolute Gasteiger partial charge is 0.410 e. The fraction of sp³-hybridized carbons (Fsp3) is 0.600. The van der Waals surface area contributed by atoms with Crippen LogP contribution in [0.25, 0.3) is 0 Å². The first kappa shape index (κ1) is 38.4. The van der Waals surface area contributed by atoms with Gasteiger partial charge in [0.15, 0.2) is 18.3 Å². The number of hydrogen-bond donors (Lipinski definition) is 1. The molecule has 1 aliphatic rings. The second-order valence-electron chi connectivity index (χ2n) is 11.5. The number of carbonyl (C=O) groups excluding carboxylic acids is 6. The SMILES string of the molecule is COC(=O)[C@H]1O[C@@H](Oc2ccc(COC(=O)N(C)CCN(C)C(=O)OC(C)(C)C)cc2N)[C@H](OC(C)=O)[C@@H](OC(C)=O)[C@@H]1OC(C)=O. The standard InChI is InChI=1S/C30H43N3O14/c1-16(34)42-22-23(43-17(2)35)25(44-18(3)36)27(46-24(22)26(37)40-9)45-21-11-10-19(14-20(21)31)15-41-28(38)32(7)12-13-33(8)29(39)47-30(4,5)6/h10-11,14,22-25,27H,12-13,15,31H2,1-9H3/t22-,23-,24-,25+,27+/m0/s1. The van der Waals surface area contributed by atoms with Crippen molar-refractivity contribution in [1.82, 2.24) is 9.80 Å². The molecule has 1 aromatic carbocycles. The molecule has 0 saturated carbocycles. The van der Waals surface area contributed by atoms with Gasteiger partial charge in [0.2, 0.25) is 12.4 Å². The molecular weight excluding hydrogens is 626 g/mol. The van der Waals surface area contributed by atoms with Crippen molar-refractivity contribution in [2.75, 3.05) is 40.0 Å². The molecule has 0 radical (unpaired) electrons. The number of esters is 4. The molecule has 1 fully saturated rings. The topological polar surface area (TPSA) is 209 Å². The van der Waals surface area contributed by atoms with Gasteiger partial charge in [-0.1, -0.05) is 6.07 Å². The Bertz CT molecular complexity index is 1310. The van der Waals surface area contributed by atoms with Gasteiger partial charge >= 0.3 is 36.1 Å². The summed E-state index contributed by atoms with van der Waals surface area (Å²) in [5.74, 6) is -3.50. The Labute approximate surface area is 272 Å². The Kier molecular flexibility index (Phi) is 13.6. The molecule has 1 aliphatic heterocycles. The predicted molar refractivity (Wildman–Crippen MR) is 161 cm³/mol. The maximum atomic E-state index is 12.6. The Morgan fingerprint density at radius 2 is 1.36 bits per heavy atom. The lowest BCUT2D eigenvalue weighted by atomic mass is 9.97. The molecule has 2 N–H and O–H groups in total. The molecule has 0 spiro atoms. The number of nitrogens with zero attached hydrogens (tertiary/aromatic N) is 2. The Hall–Kier alpha value is -4.80. The average Bonchev–Trinajstić information content (AvgIpc) is 2.96. The number of carbonyl (C=O) groups is 6. The molecule has 2 rings (SSSR count). The molecule has 0 aromatic heterocycles. The van der Waals surface area contributed by atoms with Crippen LogP contribution in [0.5, 0.6) is 5.75 Å². The van der Waals surface area contributed by atoms with Crippen molar-refractivity contribution in [2.24, 2.45) is 0 Å². The number of hydrogen-bond acceptors (Lipinski definition) is 15. The van der Waals surface area contributed by atoms with Crippen molar-refractivity contribution in [3.05, 3.63) is 23.8 Å². The van der Waals surface area contributed by atoms with Crippen LogP contribution >= 0.6 is 0 Å². The van der Waals surface area contributed by atoms with Crippen LogP contribution in [0, 0.1) is 0 Å². The number of methoxy groups -OCH3 is 1. The number of ether oxygens (including phenoxy) is 8. The van der Waals surface area contributed by atoms with Crippen LogP contribution in [0.1, 0.15) is 47.1 Å². The summed E-state index contributed by atoms with van der Waals surface area (Å²) in [5, 5.41) is 0. The van der Waals surface area contributed by atoms with Gasteiger partial charge in [0.05, 0.1) is 12.8 Å². The molecule has 0 aliphatic carbocycles. The highest BCUT2D eigenvalue weighted by Crippen LogP contribution is 2.33. The molecule has 262 valence electrons. The van der Waals surface area contributed by atoms with Gasteiger partial charge in [0.1, 0.15) is 18.0 Å². The van der Waals surface area contributed by atoms with Crippen LogP contribution in [-0.4, -0.2) is 116 Å². The summed E-state index contributed by atoms with van der Waals surface area (Å²) in [6.45, 7) is 8.66. The summed E-state index contributed by atoms with van der Waals surface area (Å²) in [7, 11) is 4.13. The zero-order valence-electron chi connectivity index (χ0n) is 27.9. The predicted octanol–water partition coefficient (Wildman–Crippen LogP) is 1.78.